The summed E-state index contributed by atoms with van der Waals surface area (Å²) in [5, 5.41) is 0.468. The number of morpholine rings is 1. The molecule has 16 heavy (non-hydrogen) atoms. The van der Waals surface area contributed by atoms with Gasteiger partial charge in [-0.15, -0.1) is 0 Å². The standard InChI is InChI=1S/C11H16ClN3O/c1-7-6-16-8(2)5-15(7)11-9(13)3-4-10(12)14-11/h3-4,7-8H,5-6,13H2,1-2H3. The number of hydrogen-bond acceptors (Lipinski definition) is 4. The molecule has 0 aliphatic carbocycles. The quantitative estimate of drug-likeness (QED) is 0.764. The Morgan fingerprint density at radius 2 is 2.25 bits per heavy atom. The Labute approximate surface area is 100 Å². The molecule has 4 nitrogen and oxygen atoms in total. The molecule has 0 radical (unpaired) electrons. The average molecular weight is 242 g/mol. The van der Waals surface area contributed by atoms with Crippen molar-refractivity contribution in [3.05, 3.63) is 17.3 Å². The van der Waals surface area contributed by atoms with Crippen LogP contribution in [0.2, 0.25) is 5.15 Å². The molecular weight excluding hydrogens is 226 g/mol. The van der Waals surface area contributed by atoms with Gasteiger partial charge >= 0.3 is 0 Å². The van der Waals surface area contributed by atoms with Crippen LogP contribution in [0.25, 0.3) is 0 Å². The highest BCUT2D eigenvalue weighted by atomic mass is 35.5. The summed E-state index contributed by atoms with van der Waals surface area (Å²) in [7, 11) is 0. The van der Waals surface area contributed by atoms with Gasteiger partial charge in [0.05, 0.1) is 24.4 Å². The van der Waals surface area contributed by atoms with Crippen LogP contribution < -0.4 is 10.6 Å². The highest BCUT2D eigenvalue weighted by Gasteiger charge is 2.25. The maximum absolute atomic E-state index is 5.92. The first-order valence-electron chi connectivity index (χ1n) is 5.38. The van der Waals surface area contributed by atoms with E-state index in [1.165, 1.54) is 0 Å². The number of halogens is 1. The summed E-state index contributed by atoms with van der Waals surface area (Å²) >= 11 is 5.90. The van der Waals surface area contributed by atoms with Gasteiger partial charge in [-0.2, -0.15) is 0 Å². The number of anilines is 2. The second-order valence-electron chi connectivity index (χ2n) is 4.19. The molecule has 1 fully saturated rings. The lowest BCUT2D eigenvalue weighted by Crippen LogP contribution is -2.48. The second kappa shape index (κ2) is 4.47. The van der Waals surface area contributed by atoms with Crippen molar-refractivity contribution in [3.8, 4) is 0 Å². The molecule has 1 aliphatic heterocycles. The number of ether oxygens (including phenoxy) is 1. The van der Waals surface area contributed by atoms with Gasteiger partial charge in [0, 0.05) is 6.54 Å². The minimum atomic E-state index is 0.191. The maximum Gasteiger partial charge on any atom is 0.153 e. The number of nitrogen functional groups attached to an aromatic ring is 1. The number of nitrogens with zero attached hydrogens (tertiary/aromatic N) is 2. The highest BCUT2D eigenvalue weighted by Crippen LogP contribution is 2.27. The van der Waals surface area contributed by atoms with Crippen LogP contribution in [0.5, 0.6) is 0 Å². The predicted octanol–water partition coefficient (Wildman–Crippen LogP) is 1.93. The van der Waals surface area contributed by atoms with Gasteiger partial charge in [-0.1, -0.05) is 11.6 Å². The van der Waals surface area contributed by atoms with Crippen molar-refractivity contribution in [2.45, 2.75) is 26.0 Å². The van der Waals surface area contributed by atoms with Gasteiger partial charge in [0.2, 0.25) is 0 Å². The summed E-state index contributed by atoms with van der Waals surface area (Å²) in [4.78, 5) is 6.44. The van der Waals surface area contributed by atoms with Gasteiger partial charge < -0.3 is 15.4 Å². The summed E-state index contributed by atoms with van der Waals surface area (Å²) in [6, 6.07) is 3.76. The fraction of sp³-hybridized carbons (Fsp3) is 0.545. The molecule has 2 N–H and O–H groups in total. The van der Waals surface area contributed by atoms with Crippen molar-refractivity contribution in [2.24, 2.45) is 0 Å². The van der Waals surface area contributed by atoms with Crippen LogP contribution in [0.15, 0.2) is 12.1 Å². The zero-order valence-electron chi connectivity index (χ0n) is 9.48. The summed E-state index contributed by atoms with van der Waals surface area (Å²) in [5.74, 6) is 0.759. The van der Waals surface area contributed by atoms with E-state index in [0.29, 0.717) is 17.4 Å². The monoisotopic (exact) mass is 241 g/mol. The third kappa shape index (κ3) is 2.23. The normalized spacial score (nSPS) is 25.8. The minimum absolute atomic E-state index is 0.191. The molecule has 5 heteroatoms. The molecule has 1 aromatic rings. The lowest BCUT2D eigenvalue weighted by Gasteiger charge is -2.38. The summed E-state index contributed by atoms with van der Waals surface area (Å²) in [6.07, 6.45) is 0.191. The van der Waals surface area contributed by atoms with Crippen LogP contribution in [0.3, 0.4) is 0 Å². The van der Waals surface area contributed by atoms with Crippen LogP contribution in [-0.4, -0.2) is 30.3 Å². The molecule has 88 valence electrons. The van der Waals surface area contributed by atoms with Gasteiger partial charge in [-0.3, -0.25) is 0 Å². The van der Waals surface area contributed by atoms with E-state index in [1.54, 1.807) is 12.1 Å². The molecule has 1 aliphatic rings. The first kappa shape index (κ1) is 11.5. The Balaban J connectivity index is 2.30. The predicted molar refractivity (Wildman–Crippen MR) is 65.9 cm³/mol. The van der Waals surface area contributed by atoms with E-state index in [0.717, 1.165) is 12.4 Å². The molecule has 2 atom stereocenters. The molecule has 1 saturated heterocycles. The number of pyridine rings is 1. The number of hydrogen-bond donors (Lipinski definition) is 1. The smallest absolute Gasteiger partial charge is 0.153 e. The van der Waals surface area contributed by atoms with Crippen molar-refractivity contribution >= 4 is 23.1 Å². The Hall–Kier alpha value is -1.00. The molecule has 0 amide bonds. The van der Waals surface area contributed by atoms with Crippen molar-refractivity contribution in [1.82, 2.24) is 4.98 Å². The highest BCUT2D eigenvalue weighted by molar-refractivity contribution is 6.29. The van der Waals surface area contributed by atoms with Crippen molar-refractivity contribution in [1.29, 1.82) is 0 Å². The van der Waals surface area contributed by atoms with Gasteiger partial charge in [-0.05, 0) is 26.0 Å². The Morgan fingerprint density at radius 3 is 3.00 bits per heavy atom. The Bertz CT molecular complexity index is 385. The van der Waals surface area contributed by atoms with Crippen LogP contribution >= 0.6 is 11.6 Å². The van der Waals surface area contributed by atoms with Gasteiger partial charge in [0.15, 0.2) is 5.82 Å². The van der Waals surface area contributed by atoms with Crippen LogP contribution in [-0.2, 0) is 4.74 Å². The SMILES string of the molecule is CC1CN(c2nc(Cl)ccc2N)C(C)CO1. The van der Waals surface area contributed by atoms with Crippen molar-refractivity contribution in [3.63, 3.8) is 0 Å². The Morgan fingerprint density at radius 1 is 1.50 bits per heavy atom. The van der Waals surface area contributed by atoms with E-state index in [-0.39, 0.29) is 12.1 Å². The maximum atomic E-state index is 5.92. The zero-order valence-corrected chi connectivity index (χ0v) is 10.2. The van der Waals surface area contributed by atoms with E-state index in [1.807, 2.05) is 6.92 Å². The molecule has 2 rings (SSSR count). The van der Waals surface area contributed by atoms with Crippen LogP contribution in [0, 0.1) is 0 Å². The summed E-state index contributed by atoms with van der Waals surface area (Å²) in [6.45, 7) is 5.61. The van der Waals surface area contributed by atoms with Gasteiger partial charge in [0.25, 0.3) is 0 Å². The molecule has 0 saturated carbocycles. The van der Waals surface area contributed by atoms with Crippen LogP contribution in [0.1, 0.15) is 13.8 Å². The topological polar surface area (TPSA) is 51.4 Å². The minimum Gasteiger partial charge on any atom is -0.396 e. The van der Waals surface area contributed by atoms with E-state index >= 15 is 0 Å². The van der Waals surface area contributed by atoms with E-state index in [4.69, 9.17) is 22.1 Å². The molecule has 2 heterocycles. The number of nitrogens with two attached hydrogens (primary N) is 1. The lowest BCUT2D eigenvalue weighted by molar-refractivity contribution is 0.0341. The lowest BCUT2D eigenvalue weighted by atomic mass is 10.2. The first-order chi connectivity index (χ1) is 7.58. The number of aromatic nitrogens is 1. The van der Waals surface area contributed by atoms with E-state index < -0.39 is 0 Å². The molecule has 0 aromatic carbocycles. The summed E-state index contributed by atoms with van der Waals surface area (Å²) < 4.78 is 5.57. The third-order valence-electron chi connectivity index (χ3n) is 2.75. The average Bonchev–Trinajstić information content (AvgIpc) is 2.25. The number of rotatable bonds is 1. The van der Waals surface area contributed by atoms with Crippen molar-refractivity contribution in [2.75, 3.05) is 23.8 Å². The van der Waals surface area contributed by atoms with Gasteiger partial charge in [0.1, 0.15) is 5.15 Å². The second-order valence-corrected chi connectivity index (χ2v) is 4.58. The molecule has 0 spiro atoms. The third-order valence-corrected chi connectivity index (χ3v) is 2.96. The van der Waals surface area contributed by atoms with Crippen LogP contribution in [0.4, 0.5) is 11.5 Å². The fourth-order valence-corrected chi connectivity index (χ4v) is 2.01. The van der Waals surface area contributed by atoms with E-state index in [9.17, 15) is 0 Å². The molecular formula is C11H16ClN3O. The molecule has 2 unspecified atom stereocenters. The first-order valence-corrected chi connectivity index (χ1v) is 5.76. The Kier molecular flexibility index (Phi) is 3.21. The molecule has 1 aromatic heterocycles. The zero-order chi connectivity index (χ0) is 11.7. The van der Waals surface area contributed by atoms with Crippen molar-refractivity contribution < 1.29 is 4.74 Å². The molecule has 0 bridgehead atoms. The van der Waals surface area contributed by atoms with E-state index in [2.05, 4.69) is 16.8 Å². The summed E-state index contributed by atoms with van der Waals surface area (Å²) in [5.41, 5.74) is 6.58. The van der Waals surface area contributed by atoms with Gasteiger partial charge in [-0.25, -0.2) is 4.98 Å². The largest absolute Gasteiger partial charge is 0.396 e. The fourth-order valence-electron chi connectivity index (χ4n) is 1.86.